The first kappa shape index (κ1) is 32.2. The van der Waals surface area contributed by atoms with Crippen LogP contribution in [-0.4, -0.2) is 141 Å². The third-order valence-corrected chi connectivity index (χ3v) is 8.74. The molecule has 2 fully saturated rings. The van der Waals surface area contributed by atoms with Crippen molar-refractivity contribution in [2.24, 2.45) is 0 Å². The van der Waals surface area contributed by atoms with Crippen LogP contribution in [0.4, 0.5) is 4.79 Å². The Labute approximate surface area is 274 Å². The number of hydrogen-bond donors (Lipinski definition) is 4. The molecule has 4 N–H and O–H groups in total. The molecule has 5 heterocycles. The molecule has 22 heteroatoms. The van der Waals surface area contributed by atoms with Crippen molar-refractivity contribution in [2.75, 3.05) is 32.0 Å². The van der Waals surface area contributed by atoms with Crippen LogP contribution in [0.25, 0.3) is 0 Å². The van der Waals surface area contributed by atoms with Crippen molar-refractivity contribution in [1.82, 2.24) is 66.2 Å². The summed E-state index contributed by atoms with van der Waals surface area (Å²) in [4.78, 5) is 80.3. The summed E-state index contributed by atoms with van der Waals surface area (Å²) in [6, 6.07) is 4.45. The van der Waals surface area contributed by atoms with Gasteiger partial charge in [-0.15, -0.1) is 15.3 Å². The number of urea groups is 1. The molecule has 0 bridgehead atoms. The predicted molar refractivity (Wildman–Crippen MR) is 157 cm³/mol. The molecule has 0 radical (unpaired) electrons. The Morgan fingerprint density at radius 3 is 2.62 bits per heavy atom. The van der Waals surface area contributed by atoms with Crippen LogP contribution in [0.15, 0.2) is 46.8 Å². The first-order valence-electron chi connectivity index (χ1n) is 14.5. The summed E-state index contributed by atoms with van der Waals surface area (Å²) in [5.41, 5.74) is 0.302. The van der Waals surface area contributed by atoms with Crippen molar-refractivity contribution in [3.63, 3.8) is 0 Å². The average molecular weight is 682 g/mol. The van der Waals surface area contributed by atoms with Gasteiger partial charge in [-0.05, 0) is 28.5 Å². The fourth-order valence-electron chi connectivity index (χ4n) is 5.28. The summed E-state index contributed by atoms with van der Waals surface area (Å²) in [6.07, 6.45) is -1.14. The molecule has 0 saturated carbocycles. The van der Waals surface area contributed by atoms with E-state index in [1.807, 2.05) is 0 Å². The van der Waals surface area contributed by atoms with Crippen molar-refractivity contribution in [3.05, 3.63) is 53.0 Å². The third kappa shape index (κ3) is 6.16. The number of amides is 6. The van der Waals surface area contributed by atoms with Gasteiger partial charge in [0.1, 0.15) is 18.3 Å². The number of nitrogens with one attached hydrogen (secondary N) is 3. The van der Waals surface area contributed by atoms with E-state index in [1.54, 1.807) is 37.3 Å². The zero-order chi connectivity index (χ0) is 33.9. The maximum Gasteiger partial charge on any atom is 0.352 e. The number of carboxylic acids is 1. The predicted octanol–water partition coefficient (Wildman–Crippen LogP) is -2.51. The first-order chi connectivity index (χ1) is 23.2. The quantitative estimate of drug-likeness (QED) is 0.0925. The lowest BCUT2D eigenvalue weighted by molar-refractivity contribution is -0.184. The topological polar surface area (TPSA) is 264 Å². The van der Waals surface area contributed by atoms with Gasteiger partial charge in [0.05, 0.1) is 6.61 Å². The Balaban J connectivity index is 1.14. The molecular formula is C26H27N13O8S. The molecule has 6 amide bonds. The van der Waals surface area contributed by atoms with Crippen LogP contribution in [0, 0.1) is 0 Å². The summed E-state index contributed by atoms with van der Waals surface area (Å²) in [5.74, 6) is -4.43. The first-order valence-corrected chi connectivity index (χ1v) is 15.4. The number of fused-ring (bicyclic) bond motifs is 1. The number of likely N-dealkylation sites (N-methyl/N-ethyl adjacent to an activating group) is 1. The number of tetrazole rings is 2. The van der Waals surface area contributed by atoms with E-state index >= 15 is 0 Å². The summed E-state index contributed by atoms with van der Waals surface area (Å²) in [6.45, 7) is 2.00. The van der Waals surface area contributed by atoms with Gasteiger partial charge >= 0.3 is 23.8 Å². The minimum atomic E-state index is -1.38. The number of ether oxygens (including phenoxy) is 1. The number of carbonyl (C=O) groups is 6. The summed E-state index contributed by atoms with van der Waals surface area (Å²) >= 11 is 1.10. The molecule has 48 heavy (non-hydrogen) atoms. The Kier molecular flexibility index (Phi) is 9.07. The zero-order valence-electron chi connectivity index (χ0n) is 25.0. The van der Waals surface area contributed by atoms with Gasteiger partial charge < -0.3 is 25.4 Å². The van der Waals surface area contributed by atoms with Crippen molar-refractivity contribution >= 4 is 47.4 Å². The van der Waals surface area contributed by atoms with Crippen LogP contribution in [0.5, 0.6) is 0 Å². The van der Waals surface area contributed by atoms with Crippen LogP contribution in [0.1, 0.15) is 24.4 Å². The smallest absolute Gasteiger partial charge is 0.352 e. The normalized spacial score (nSPS) is 19.9. The van der Waals surface area contributed by atoms with E-state index in [9.17, 15) is 33.9 Å². The lowest BCUT2D eigenvalue weighted by Gasteiger charge is -2.49. The number of imide groups is 1. The Morgan fingerprint density at radius 2 is 1.92 bits per heavy atom. The van der Waals surface area contributed by atoms with E-state index in [2.05, 4.69) is 46.8 Å². The molecule has 1 aromatic carbocycles. The number of thioether (sulfide) groups is 1. The molecule has 0 spiro atoms. The van der Waals surface area contributed by atoms with Gasteiger partial charge in [-0.3, -0.25) is 29.0 Å². The highest BCUT2D eigenvalue weighted by Crippen LogP contribution is 2.35. The highest BCUT2D eigenvalue weighted by Gasteiger charge is 2.55. The van der Waals surface area contributed by atoms with Gasteiger partial charge in [0.25, 0.3) is 5.91 Å². The standard InChI is InChI=1S/C26H27N13O8S/c1-2-36-8-9-37(22(43)21(36)42)25(46)28-16(13-6-4-3-5-7-13)19(40)27-17-20(41)39-18(24(44)45)14(11-47-23(17)39)12-48-26-31-34-35-38(26)10-15-29-32-33-30-15/h3-7,16-17,23H,2,8-12H2,1H3,(H,27,40)(H,28,46)(H,44,45)(H,29,30,32,33)/t16?,17-,23?/m1/s1. The van der Waals surface area contributed by atoms with Crippen molar-refractivity contribution in [2.45, 2.75) is 36.9 Å². The number of hydrogen-bond acceptors (Lipinski definition) is 14. The molecule has 2 unspecified atom stereocenters. The molecule has 21 nitrogen and oxygen atoms in total. The van der Waals surface area contributed by atoms with Crippen molar-refractivity contribution in [1.29, 1.82) is 0 Å². The molecule has 2 aromatic heterocycles. The van der Waals surface area contributed by atoms with Crippen LogP contribution in [-0.2, 0) is 35.3 Å². The second kappa shape index (κ2) is 13.5. The van der Waals surface area contributed by atoms with E-state index in [0.717, 1.165) is 21.6 Å². The van der Waals surface area contributed by atoms with Crippen molar-refractivity contribution < 1.29 is 38.6 Å². The maximum atomic E-state index is 13.6. The van der Waals surface area contributed by atoms with Crippen LogP contribution >= 0.6 is 11.8 Å². The summed E-state index contributed by atoms with van der Waals surface area (Å²) in [5, 5.41) is 40.3. The number of rotatable bonds is 11. The van der Waals surface area contributed by atoms with Gasteiger partial charge in [0.2, 0.25) is 11.1 Å². The van der Waals surface area contributed by atoms with Gasteiger partial charge in [-0.2, -0.15) is 5.21 Å². The fourth-order valence-corrected chi connectivity index (χ4v) is 6.15. The molecular weight excluding hydrogens is 654 g/mol. The lowest BCUT2D eigenvalue weighted by atomic mass is 9.98. The van der Waals surface area contributed by atoms with Crippen LogP contribution in [0.2, 0.25) is 0 Å². The van der Waals surface area contributed by atoms with Gasteiger partial charge in [0, 0.05) is 25.4 Å². The highest BCUT2D eigenvalue weighted by atomic mass is 32.2. The summed E-state index contributed by atoms with van der Waals surface area (Å²) in [7, 11) is 0. The highest BCUT2D eigenvalue weighted by molar-refractivity contribution is 7.99. The number of aromatic amines is 1. The van der Waals surface area contributed by atoms with E-state index in [-0.39, 0.29) is 43.3 Å². The number of H-pyrrole nitrogens is 1. The second-order valence-corrected chi connectivity index (χ2v) is 11.5. The molecule has 250 valence electrons. The Bertz CT molecular complexity index is 1780. The molecule has 0 aliphatic carbocycles. The summed E-state index contributed by atoms with van der Waals surface area (Å²) < 4.78 is 7.22. The molecule has 3 aromatic rings. The maximum absolute atomic E-state index is 13.6. The van der Waals surface area contributed by atoms with Gasteiger partial charge in [-0.25, -0.2) is 14.3 Å². The SMILES string of the molecule is CCN1CCN(C(=O)NC(C(=O)N[C@@H]2C(=O)N3C(C(=O)O)=C(CSc4nnnn4Cc4nn[nH]n4)COC23)c2ccccc2)C(=O)C1=O. The number of aromatic nitrogens is 8. The van der Waals surface area contributed by atoms with Crippen LogP contribution in [0.3, 0.4) is 0 Å². The fraction of sp³-hybridized carbons (Fsp3) is 0.385. The number of carboxylic acid groups (broad SMARTS) is 1. The van der Waals surface area contributed by atoms with E-state index in [4.69, 9.17) is 4.74 Å². The Hall–Kier alpha value is -5.77. The number of β-lactam (4-membered cyclic amide) rings is 1. The minimum absolute atomic E-state index is 0.0532. The molecule has 6 rings (SSSR count). The van der Waals surface area contributed by atoms with E-state index in [0.29, 0.717) is 23.1 Å². The monoisotopic (exact) mass is 681 g/mol. The number of nitrogens with zero attached hydrogens (tertiary/aromatic N) is 10. The van der Waals surface area contributed by atoms with Gasteiger partial charge in [-0.1, -0.05) is 47.3 Å². The second-order valence-electron chi connectivity index (χ2n) is 10.5. The third-order valence-electron chi connectivity index (χ3n) is 7.70. The van der Waals surface area contributed by atoms with Gasteiger partial charge in [0.15, 0.2) is 18.1 Å². The molecule has 3 aliphatic rings. The number of carbonyl (C=O) groups excluding carboxylic acids is 5. The number of aliphatic carboxylic acids is 1. The van der Waals surface area contributed by atoms with E-state index < -0.39 is 53.9 Å². The van der Waals surface area contributed by atoms with Crippen LogP contribution < -0.4 is 10.6 Å². The minimum Gasteiger partial charge on any atom is -0.477 e. The van der Waals surface area contributed by atoms with E-state index in [1.165, 1.54) is 9.58 Å². The zero-order valence-corrected chi connectivity index (χ0v) is 25.9. The Morgan fingerprint density at radius 1 is 1.12 bits per heavy atom. The number of benzene rings is 1. The molecule has 2 saturated heterocycles. The largest absolute Gasteiger partial charge is 0.477 e. The van der Waals surface area contributed by atoms with Crippen molar-refractivity contribution in [3.8, 4) is 0 Å². The average Bonchev–Trinajstić information content (AvgIpc) is 3.78. The molecule has 3 atom stereocenters. The lowest BCUT2D eigenvalue weighted by Crippen LogP contribution is -2.73. The molecule has 3 aliphatic heterocycles. The number of piperazine rings is 1.